The molecule has 0 saturated heterocycles. The number of aliphatic imine (C=N–C) groups is 1. The number of anilines is 3. The lowest BCUT2D eigenvalue weighted by Gasteiger charge is -2.04. The molecule has 0 spiro atoms. The molecule has 115 heavy (non-hydrogen) atoms. The molecule has 0 bridgehead atoms. The summed E-state index contributed by atoms with van der Waals surface area (Å²) in [5.74, 6) is -0.561. The lowest BCUT2D eigenvalue weighted by molar-refractivity contribution is -0.110. The van der Waals surface area contributed by atoms with Crippen molar-refractivity contribution in [2.45, 2.75) is 6.42 Å². The number of para-hydroxylation sites is 11. The van der Waals surface area contributed by atoms with Gasteiger partial charge in [0.05, 0.1) is 88.4 Å². The van der Waals surface area contributed by atoms with E-state index in [1.165, 1.54) is 4.57 Å². The van der Waals surface area contributed by atoms with Gasteiger partial charge in [0, 0.05) is 83.8 Å². The van der Waals surface area contributed by atoms with Crippen molar-refractivity contribution in [1.29, 1.82) is 0 Å². The highest BCUT2D eigenvalue weighted by molar-refractivity contribution is 6.56. The quantitative estimate of drug-likeness (QED) is 0.0955. The Labute approximate surface area is 648 Å². The number of amides is 1. The van der Waals surface area contributed by atoms with Crippen LogP contribution < -0.4 is 43.1 Å². The number of H-pyrrole nitrogens is 1. The lowest BCUT2D eigenvalue weighted by atomic mass is 10.0. The van der Waals surface area contributed by atoms with Gasteiger partial charge in [-0.05, 0) is 115 Å². The van der Waals surface area contributed by atoms with Gasteiger partial charge < -0.3 is 26.0 Å². The number of ketones is 5. The van der Waals surface area contributed by atoms with Crippen LogP contribution in [-0.2, 0) is 11.2 Å². The van der Waals surface area contributed by atoms with E-state index < -0.39 is 0 Å². The highest BCUT2D eigenvalue weighted by Gasteiger charge is 2.36. The summed E-state index contributed by atoms with van der Waals surface area (Å²) in [5.41, 5.74) is 15.9. The molecule has 21 heteroatoms. The molecule has 24 rings (SSSR count). The summed E-state index contributed by atoms with van der Waals surface area (Å²) in [6.45, 7) is 0. The fourth-order valence-electron chi connectivity index (χ4n) is 16.1. The number of nitrogens with one attached hydrogen (secondary N) is 4. The first kappa shape index (κ1) is 68.0. The van der Waals surface area contributed by atoms with Gasteiger partial charge in [0.2, 0.25) is 23.1 Å². The van der Waals surface area contributed by atoms with E-state index in [0.717, 1.165) is 60.9 Å². The number of allylic oxidation sites excluding steroid dienone is 2. The molecule has 1 aliphatic carbocycles. The van der Waals surface area contributed by atoms with Crippen molar-refractivity contribution in [1.82, 2.24) is 33.3 Å². The van der Waals surface area contributed by atoms with E-state index in [4.69, 9.17) is 9.97 Å². The number of carbonyl (C=O) groups is 6. The summed E-state index contributed by atoms with van der Waals surface area (Å²) < 4.78 is 4.63. The molecule has 6 aliphatic rings. The normalized spacial score (nSPS) is 15.4. The number of rotatable bonds is 1. The van der Waals surface area contributed by atoms with Gasteiger partial charge in [-0.15, -0.1) is 0 Å². The summed E-state index contributed by atoms with van der Waals surface area (Å²) >= 11 is 0. The Kier molecular flexibility index (Phi) is 15.8. The van der Waals surface area contributed by atoms with E-state index in [2.05, 4.69) is 30.9 Å². The number of carbonyl (C=O) groups excluding carboxylic acids is 6. The molecule has 18 aromatic rings. The average Bonchev–Trinajstić information content (AvgIpc) is 1.57. The molecular formula is C94H55N11O10. The molecule has 0 atom stereocenters. The fraction of sp³-hybridized carbons (Fsp3) is 0.0106. The molecule has 0 radical (unpaired) electrons. The maximum atomic E-state index is 13.3. The number of Topliss-reactive ketones (excluding diaryl/α,β-unsaturated/α-hetero) is 4. The molecule has 1 amide bonds. The Hall–Kier alpha value is -16.3. The Morgan fingerprint density at radius 2 is 0.800 bits per heavy atom. The van der Waals surface area contributed by atoms with Crippen LogP contribution in [0.3, 0.4) is 0 Å². The molecule has 11 heterocycles. The van der Waals surface area contributed by atoms with Crippen LogP contribution in [0.15, 0.2) is 322 Å². The first-order valence-electron chi connectivity index (χ1n) is 36.7. The zero-order chi connectivity index (χ0) is 78.0. The van der Waals surface area contributed by atoms with E-state index in [-0.39, 0.29) is 63.2 Å². The minimum atomic E-state index is -0.196. The number of nitrogens with zero attached hydrogens (tertiary/aromatic N) is 7. The van der Waals surface area contributed by atoms with E-state index in [1.807, 2.05) is 212 Å². The van der Waals surface area contributed by atoms with Crippen molar-refractivity contribution in [3.8, 4) is 11.6 Å². The summed E-state index contributed by atoms with van der Waals surface area (Å²) in [6.07, 6.45) is 0.525. The first-order chi connectivity index (χ1) is 56.3. The Morgan fingerprint density at radius 1 is 0.348 bits per heavy atom. The van der Waals surface area contributed by atoms with Crippen LogP contribution in [0.4, 0.5) is 22.7 Å². The number of aromatic amines is 1. The van der Waals surface area contributed by atoms with Crippen LogP contribution >= 0.6 is 0 Å². The molecule has 5 aliphatic heterocycles. The Balaban J connectivity index is 0.0000000939. The topological polar surface area (TPSA) is 291 Å². The van der Waals surface area contributed by atoms with Gasteiger partial charge in [0.15, 0.2) is 23.1 Å². The Morgan fingerprint density at radius 3 is 1.41 bits per heavy atom. The molecule has 12 aromatic carbocycles. The molecule has 6 aromatic heterocycles. The second kappa shape index (κ2) is 26.8. The first-order valence-corrected chi connectivity index (χ1v) is 36.7. The predicted octanol–water partition coefficient (Wildman–Crippen LogP) is 14.1. The van der Waals surface area contributed by atoms with Gasteiger partial charge in [0.25, 0.3) is 22.6 Å². The number of fused-ring (bicyclic) bond motifs is 18. The monoisotopic (exact) mass is 1500 g/mol. The zero-order valence-corrected chi connectivity index (χ0v) is 60.2. The number of aromatic nitrogens is 7. The van der Waals surface area contributed by atoms with Gasteiger partial charge in [-0.2, -0.15) is 0 Å². The maximum absolute atomic E-state index is 13.3. The number of aromatic hydroxyl groups is 1. The van der Waals surface area contributed by atoms with Crippen molar-refractivity contribution in [3.63, 3.8) is 0 Å². The van der Waals surface area contributed by atoms with Gasteiger partial charge >= 0.3 is 0 Å². The fourth-order valence-corrected chi connectivity index (χ4v) is 16.1. The third-order valence-electron chi connectivity index (χ3n) is 21.4. The second-order valence-corrected chi connectivity index (χ2v) is 27.9. The summed E-state index contributed by atoms with van der Waals surface area (Å²) in [4.78, 5) is 136. The highest BCUT2D eigenvalue weighted by atomic mass is 16.3. The average molecular weight is 1500 g/mol. The van der Waals surface area contributed by atoms with E-state index in [1.54, 1.807) is 87.7 Å². The molecular weight excluding hydrogens is 1440 g/mol. The maximum Gasteiger partial charge on any atom is 0.266 e. The van der Waals surface area contributed by atoms with Crippen LogP contribution in [0.2, 0.25) is 0 Å². The van der Waals surface area contributed by atoms with Crippen molar-refractivity contribution in [2.24, 2.45) is 4.99 Å². The molecule has 0 unspecified atom stereocenters. The van der Waals surface area contributed by atoms with Crippen LogP contribution in [0, 0.1) is 0 Å². The SMILES string of the molecule is O=C1/C(=C2\Nc3ccccc3C2=O)Cc2ccccc21.O=C1/C(=c2/c3ccccc3n3c(=O)c4ccccc4nc23)Nc2ccccc21.O=C1C(c2c(O)[nH]c3ccccc23)=Nc2ccccc21.O=C1Nc2ccccc2/C1=c1/c2ccccc2n2c(=O)c3ccccc3nc12.O=C1c2ccccc2-n2c1nc1ccccc1c2=O. The van der Waals surface area contributed by atoms with E-state index >= 15 is 0 Å². The van der Waals surface area contributed by atoms with Crippen LogP contribution in [0.25, 0.3) is 93.7 Å². The van der Waals surface area contributed by atoms with Crippen LogP contribution in [0.1, 0.15) is 74.3 Å². The van der Waals surface area contributed by atoms with Gasteiger partial charge in [-0.25, -0.2) is 19.9 Å². The third kappa shape index (κ3) is 10.8. The highest BCUT2D eigenvalue weighted by Crippen LogP contribution is 2.39. The molecule has 546 valence electrons. The second-order valence-electron chi connectivity index (χ2n) is 27.9. The minimum absolute atomic E-state index is 0.0221. The molecule has 0 saturated carbocycles. The minimum Gasteiger partial charge on any atom is -0.494 e. The van der Waals surface area contributed by atoms with Gasteiger partial charge in [-0.1, -0.05) is 182 Å². The van der Waals surface area contributed by atoms with Crippen molar-refractivity contribution in [2.75, 3.05) is 16.0 Å². The molecule has 0 fully saturated rings. The third-order valence-corrected chi connectivity index (χ3v) is 21.4. The zero-order valence-electron chi connectivity index (χ0n) is 60.2. The number of hydrogen-bond donors (Lipinski definition) is 5. The van der Waals surface area contributed by atoms with Crippen LogP contribution in [-0.4, -0.2) is 78.9 Å². The van der Waals surface area contributed by atoms with Crippen LogP contribution in [0.5, 0.6) is 5.88 Å². The summed E-state index contributed by atoms with van der Waals surface area (Å²) in [5, 5.41) is 24.8. The predicted molar refractivity (Wildman–Crippen MR) is 442 cm³/mol. The van der Waals surface area contributed by atoms with Crippen molar-refractivity contribution >= 4 is 151 Å². The Bertz CT molecular complexity index is 7790. The summed E-state index contributed by atoms with van der Waals surface area (Å²) in [7, 11) is 0. The lowest BCUT2D eigenvalue weighted by Crippen LogP contribution is -2.21. The molecule has 21 nitrogen and oxygen atoms in total. The van der Waals surface area contributed by atoms with Gasteiger partial charge in [0.1, 0.15) is 11.4 Å². The van der Waals surface area contributed by atoms with E-state index in [0.29, 0.717) is 134 Å². The van der Waals surface area contributed by atoms with E-state index in [9.17, 15) is 48.3 Å². The smallest absolute Gasteiger partial charge is 0.266 e. The number of hydrogen-bond acceptors (Lipinski definition) is 16. The van der Waals surface area contributed by atoms with Crippen molar-refractivity contribution < 1.29 is 33.9 Å². The standard InChI is InChI=1S/2C23H13N3O2.C17H11NO2.C16H10N2O2.C15H8N2O2/c27-21-13-7-1-4-10-16(13)24-20(21)19-15-9-3-6-12-18(15)26-22(19)25-17-11-5-2-8-14(17)23(26)28;27-22-20(13-7-1-4-10-16(13)25-22)19-15-9-3-6-12-18(15)26-21(19)24-17-11-5-2-8-14(17)23(26)28;19-16-11-6-2-1-5-10(11)9-13(16)15-17(20)12-7-3-4-8-14(12)18-15;19-15-10-6-2-4-8-12(10)17-14(15)13-9-5-1-3-7-11(9)18-16(13)20;18-13-10-6-2-4-8-12(10)17-14(13)16-11-7-3-1-5-9(11)15(17)19/h1-12,24H;1-12H,(H,25,27);1-8,18H,9H2;1-8,18,20H;1-8H/b2*20-19+;15-13-;;. The number of benzene rings is 12. The molecule has 5 N–H and O–H groups in total. The van der Waals surface area contributed by atoms with Gasteiger partial charge in [-0.3, -0.25) is 56.5 Å². The van der Waals surface area contributed by atoms with Crippen molar-refractivity contribution in [3.05, 3.63) is 394 Å². The summed E-state index contributed by atoms with van der Waals surface area (Å²) in [6, 6.07) is 88.5. The largest absolute Gasteiger partial charge is 0.494 e.